The molecule has 44 heavy (non-hydrogen) atoms. The zero-order valence-electron chi connectivity index (χ0n) is 26.6. The van der Waals surface area contributed by atoms with E-state index in [4.69, 9.17) is 28.4 Å². The van der Waals surface area contributed by atoms with Crippen LogP contribution in [0, 0.1) is 5.41 Å². The first kappa shape index (κ1) is 30.9. The van der Waals surface area contributed by atoms with E-state index in [1.54, 1.807) is 0 Å². The second kappa shape index (κ2) is 13.9. The van der Waals surface area contributed by atoms with E-state index in [9.17, 15) is 0 Å². The number of rotatable bonds is 9. The van der Waals surface area contributed by atoms with Gasteiger partial charge in [-0.05, 0) is 97.0 Å². The fourth-order valence-electron chi connectivity index (χ4n) is 7.02. The second-order valence-corrected chi connectivity index (χ2v) is 13.3. The smallest absolute Gasteiger partial charge is 0.199 e. The Bertz CT molecular complexity index is 1140. The van der Waals surface area contributed by atoms with Crippen molar-refractivity contribution >= 4 is 0 Å². The van der Waals surface area contributed by atoms with Crippen LogP contribution in [-0.4, -0.2) is 38.7 Å². The third kappa shape index (κ3) is 6.93. The lowest BCUT2D eigenvalue weighted by atomic mass is 9.56. The molecule has 0 radical (unpaired) electrons. The van der Waals surface area contributed by atoms with Gasteiger partial charge in [0.2, 0.25) is 0 Å². The molecule has 0 spiro atoms. The minimum atomic E-state index is -0.480. The van der Waals surface area contributed by atoms with Gasteiger partial charge >= 0.3 is 0 Å². The van der Waals surface area contributed by atoms with E-state index in [-0.39, 0.29) is 24.3 Å². The fourth-order valence-corrected chi connectivity index (χ4v) is 7.02. The molecule has 3 aromatic carbocycles. The van der Waals surface area contributed by atoms with Crippen molar-refractivity contribution < 1.29 is 28.4 Å². The van der Waals surface area contributed by atoms with Crippen LogP contribution < -0.4 is 14.2 Å². The van der Waals surface area contributed by atoms with E-state index < -0.39 is 5.41 Å². The summed E-state index contributed by atoms with van der Waals surface area (Å²) in [6, 6.07) is 25.8. The summed E-state index contributed by atoms with van der Waals surface area (Å²) < 4.78 is 36.2. The Kier molecular flexibility index (Phi) is 9.80. The van der Waals surface area contributed by atoms with Crippen molar-refractivity contribution in [2.24, 2.45) is 5.41 Å². The highest BCUT2D eigenvalue weighted by molar-refractivity contribution is 5.55. The molecule has 3 aliphatic heterocycles. The molecule has 6 heteroatoms. The minimum absolute atomic E-state index is 0.177. The van der Waals surface area contributed by atoms with Crippen molar-refractivity contribution in [3.63, 3.8) is 0 Å². The number of hydrogen-bond donors (Lipinski definition) is 0. The van der Waals surface area contributed by atoms with Gasteiger partial charge in [0.15, 0.2) is 18.9 Å². The molecule has 0 bridgehead atoms. The lowest BCUT2D eigenvalue weighted by molar-refractivity contribution is -0.106. The number of benzene rings is 3. The summed E-state index contributed by atoms with van der Waals surface area (Å²) in [6.45, 7) is 9.22. The van der Waals surface area contributed by atoms with Crippen molar-refractivity contribution in [2.45, 2.75) is 103 Å². The zero-order valence-corrected chi connectivity index (χ0v) is 26.6. The van der Waals surface area contributed by atoms with Crippen LogP contribution in [0.25, 0.3) is 0 Å². The lowest BCUT2D eigenvalue weighted by Gasteiger charge is -2.47. The Morgan fingerprint density at radius 1 is 0.455 bits per heavy atom. The normalized spacial score (nSPS) is 24.2. The molecule has 3 fully saturated rings. The van der Waals surface area contributed by atoms with Crippen LogP contribution in [0.2, 0.25) is 0 Å². The first-order valence-electron chi connectivity index (χ1n) is 16.6. The van der Waals surface area contributed by atoms with Crippen molar-refractivity contribution in [3.8, 4) is 17.2 Å². The summed E-state index contributed by atoms with van der Waals surface area (Å²) in [6.07, 6.45) is 8.94. The van der Waals surface area contributed by atoms with Gasteiger partial charge < -0.3 is 28.4 Å². The molecule has 0 N–H and O–H groups in total. The van der Waals surface area contributed by atoms with Gasteiger partial charge in [0.05, 0.1) is 19.8 Å². The van der Waals surface area contributed by atoms with E-state index >= 15 is 0 Å². The van der Waals surface area contributed by atoms with Gasteiger partial charge in [-0.2, -0.15) is 0 Å². The molecule has 0 aliphatic carbocycles. The third-order valence-corrected chi connectivity index (χ3v) is 9.20. The molecule has 3 atom stereocenters. The molecule has 3 heterocycles. The van der Waals surface area contributed by atoms with E-state index in [1.165, 1.54) is 16.7 Å². The van der Waals surface area contributed by atoms with Gasteiger partial charge in [0, 0.05) is 24.7 Å². The van der Waals surface area contributed by atoms with Gasteiger partial charge in [0.1, 0.15) is 17.2 Å². The average Bonchev–Trinajstić information content (AvgIpc) is 3.04. The minimum Gasteiger partial charge on any atom is -0.465 e. The monoisotopic (exact) mass is 600 g/mol. The maximum absolute atomic E-state index is 6.22. The Hall–Kier alpha value is -3.06. The molecular weight excluding hydrogens is 552 g/mol. The van der Waals surface area contributed by atoms with Crippen LogP contribution in [0.5, 0.6) is 17.2 Å². The summed E-state index contributed by atoms with van der Waals surface area (Å²) in [5.74, 6) is 2.49. The fraction of sp³-hybridized carbons (Fsp3) is 0.526. The third-order valence-electron chi connectivity index (χ3n) is 9.20. The van der Waals surface area contributed by atoms with Crippen molar-refractivity contribution in [1.29, 1.82) is 0 Å². The zero-order chi connectivity index (χ0) is 30.4. The van der Waals surface area contributed by atoms with Crippen molar-refractivity contribution in [1.82, 2.24) is 0 Å². The molecule has 0 saturated carbocycles. The molecule has 0 aromatic heterocycles. The molecule has 236 valence electrons. The highest BCUT2D eigenvalue weighted by Gasteiger charge is 2.46. The van der Waals surface area contributed by atoms with Crippen LogP contribution in [0.4, 0.5) is 0 Å². The molecule has 6 rings (SSSR count). The maximum atomic E-state index is 6.22. The summed E-state index contributed by atoms with van der Waals surface area (Å²) >= 11 is 0. The Balaban J connectivity index is 1.35. The van der Waals surface area contributed by atoms with Crippen LogP contribution in [0.3, 0.4) is 0 Å². The van der Waals surface area contributed by atoms with Crippen molar-refractivity contribution in [3.05, 3.63) is 89.5 Å². The maximum Gasteiger partial charge on any atom is 0.199 e. The topological polar surface area (TPSA) is 55.4 Å². The SMILES string of the molecule is CC(C)(C)C(c1ccc(OC2CCCCO2)cc1)(c1ccc(OC2CCCCO2)cc1)c1ccc(OC2CCCCO2)cc1. The highest BCUT2D eigenvalue weighted by Crippen LogP contribution is 2.52. The molecule has 3 aliphatic rings. The molecule has 3 aromatic rings. The number of hydrogen-bond acceptors (Lipinski definition) is 6. The largest absolute Gasteiger partial charge is 0.465 e. The first-order valence-corrected chi connectivity index (χ1v) is 16.6. The quantitative estimate of drug-likeness (QED) is 0.229. The van der Waals surface area contributed by atoms with Gasteiger partial charge in [-0.3, -0.25) is 0 Å². The molecule has 3 unspecified atom stereocenters. The van der Waals surface area contributed by atoms with Gasteiger partial charge in [-0.15, -0.1) is 0 Å². The van der Waals surface area contributed by atoms with Crippen LogP contribution in [0.15, 0.2) is 72.8 Å². The Labute approximate surface area is 263 Å². The van der Waals surface area contributed by atoms with E-state index in [0.29, 0.717) is 0 Å². The van der Waals surface area contributed by atoms with E-state index in [0.717, 1.165) is 94.9 Å². The predicted molar refractivity (Wildman–Crippen MR) is 171 cm³/mol. The molecular formula is C38H48O6. The summed E-state index contributed by atoms with van der Waals surface area (Å²) in [5.41, 5.74) is 2.89. The number of ether oxygens (including phenoxy) is 6. The van der Waals surface area contributed by atoms with Crippen LogP contribution >= 0.6 is 0 Å². The average molecular weight is 601 g/mol. The lowest BCUT2D eigenvalue weighted by Crippen LogP contribution is -2.42. The predicted octanol–water partition coefficient (Wildman–Crippen LogP) is 8.78. The Morgan fingerprint density at radius 2 is 0.750 bits per heavy atom. The van der Waals surface area contributed by atoms with E-state index in [1.807, 2.05) is 0 Å². The molecule has 3 saturated heterocycles. The molecule has 0 amide bonds. The van der Waals surface area contributed by atoms with Gasteiger partial charge in [-0.25, -0.2) is 0 Å². The second-order valence-electron chi connectivity index (χ2n) is 13.3. The molecule has 6 nitrogen and oxygen atoms in total. The standard InChI is InChI=1S/C38H48O6/c1-37(2,3)38(28-13-19-31(20-14-28)42-34-10-4-7-25-39-34,29-15-21-32(22-16-29)43-35-11-5-8-26-40-35)30-17-23-33(24-18-30)44-36-12-6-9-27-41-36/h13-24,34-36H,4-12,25-27H2,1-3H3. The van der Waals surface area contributed by atoms with Crippen LogP contribution in [0.1, 0.15) is 95.2 Å². The summed E-state index contributed by atoms with van der Waals surface area (Å²) in [7, 11) is 0. The summed E-state index contributed by atoms with van der Waals surface area (Å²) in [5, 5.41) is 0. The highest BCUT2D eigenvalue weighted by atomic mass is 16.7. The van der Waals surface area contributed by atoms with Crippen molar-refractivity contribution in [2.75, 3.05) is 19.8 Å². The summed E-state index contributed by atoms with van der Waals surface area (Å²) in [4.78, 5) is 0. The first-order chi connectivity index (χ1) is 21.4. The van der Waals surface area contributed by atoms with Crippen LogP contribution in [-0.2, 0) is 19.6 Å². The van der Waals surface area contributed by atoms with Gasteiger partial charge in [0.25, 0.3) is 0 Å². The van der Waals surface area contributed by atoms with E-state index in [2.05, 4.69) is 93.6 Å². The Morgan fingerprint density at radius 3 is 0.977 bits per heavy atom. The van der Waals surface area contributed by atoms with Gasteiger partial charge in [-0.1, -0.05) is 57.2 Å².